The molecule has 0 heterocycles. The first-order chi connectivity index (χ1) is 3.85. The minimum Gasteiger partial charge on any atom is -0.247 e. The minimum absolute atomic E-state index is 0. The van der Waals surface area contributed by atoms with Crippen LogP contribution < -0.4 is 0 Å². The van der Waals surface area contributed by atoms with Gasteiger partial charge in [0, 0.05) is 37.3 Å². The fourth-order valence-corrected chi connectivity index (χ4v) is 1.22. The van der Waals surface area contributed by atoms with E-state index >= 15 is 0 Å². The number of rotatable bonds is 4. The molecule has 50 valence electrons. The molecule has 0 aliphatic carbocycles. The van der Waals surface area contributed by atoms with E-state index in [1.54, 1.807) is 16.6 Å². The van der Waals surface area contributed by atoms with E-state index in [9.17, 15) is 0 Å². The maximum atomic E-state index is 4.66. The quantitative estimate of drug-likeness (QED) is 0.400. The normalized spacial score (nSPS) is 8.78. The van der Waals surface area contributed by atoms with E-state index in [1.165, 1.54) is 0 Å². The van der Waals surface area contributed by atoms with Gasteiger partial charge in [0.25, 0.3) is 0 Å². The van der Waals surface area contributed by atoms with E-state index in [0.717, 1.165) is 13.1 Å². The van der Waals surface area contributed by atoms with Crippen LogP contribution in [0.25, 0.3) is 0 Å². The van der Waals surface area contributed by atoms with Gasteiger partial charge >= 0.3 is 0 Å². The molecule has 0 unspecified atom stereocenters. The topological polar surface area (TPSA) is 3.24 Å². The molecule has 0 spiro atoms. The SMILES string of the molecule is CCN(CC)SC=S.[Zn]. The summed E-state index contributed by atoms with van der Waals surface area (Å²) >= 11 is 6.26. The van der Waals surface area contributed by atoms with Crippen molar-refractivity contribution in [1.29, 1.82) is 0 Å². The Morgan fingerprint density at radius 3 is 2.00 bits per heavy atom. The molecule has 0 radical (unpaired) electrons. The molecule has 0 aromatic heterocycles. The summed E-state index contributed by atoms with van der Waals surface area (Å²) in [5.41, 5.74) is 0. The first kappa shape index (κ1) is 12.7. The number of thiocarbonyl (C=S) groups is 1. The van der Waals surface area contributed by atoms with Gasteiger partial charge in [-0.25, -0.2) is 4.31 Å². The van der Waals surface area contributed by atoms with Gasteiger partial charge in [-0.15, -0.1) is 0 Å². The monoisotopic (exact) mass is 213 g/mol. The van der Waals surface area contributed by atoms with Gasteiger partial charge in [-0.05, 0) is 11.9 Å². The molecule has 0 fully saturated rings. The molecule has 0 amide bonds. The van der Waals surface area contributed by atoms with Crippen LogP contribution in [0.3, 0.4) is 0 Å². The molecule has 0 saturated heterocycles. The third-order valence-electron chi connectivity index (χ3n) is 0.898. The Morgan fingerprint density at radius 2 is 1.89 bits per heavy atom. The predicted octanol–water partition coefficient (Wildman–Crippen LogP) is 1.93. The van der Waals surface area contributed by atoms with Crippen LogP contribution in [0.15, 0.2) is 0 Å². The van der Waals surface area contributed by atoms with Crippen LogP contribution in [-0.4, -0.2) is 22.1 Å². The molecule has 4 heteroatoms. The van der Waals surface area contributed by atoms with Crippen molar-refractivity contribution in [3.8, 4) is 0 Å². The molecule has 9 heavy (non-hydrogen) atoms. The van der Waals surface area contributed by atoms with Crippen LogP contribution in [0.1, 0.15) is 13.8 Å². The first-order valence-electron chi connectivity index (χ1n) is 2.70. The van der Waals surface area contributed by atoms with Gasteiger partial charge in [0.1, 0.15) is 0 Å². The van der Waals surface area contributed by atoms with E-state index in [1.807, 2.05) is 0 Å². The van der Waals surface area contributed by atoms with Crippen LogP contribution in [0.4, 0.5) is 0 Å². The zero-order valence-corrected chi connectivity index (χ0v) is 10.6. The summed E-state index contributed by atoms with van der Waals surface area (Å²) in [6.45, 7) is 6.37. The average molecular weight is 215 g/mol. The molecular formula is C5H11NS2Zn. The van der Waals surface area contributed by atoms with Gasteiger partial charge in [-0.1, -0.05) is 26.1 Å². The Balaban J connectivity index is 0. The largest absolute Gasteiger partial charge is 0.247 e. The summed E-state index contributed by atoms with van der Waals surface area (Å²) in [5.74, 6) is 0. The molecule has 0 aliphatic heterocycles. The van der Waals surface area contributed by atoms with Crippen molar-refractivity contribution < 1.29 is 19.5 Å². The summed E-state index contributed by atoms with van der Waals surface area (Å²) in [6, 6.07) is 0. The Kier molecular flexibility index (Phi) is 12.7. The maximum absolute atomic E-state index is 4.66. The Bertz CT molecular complexity index is 66.0. The van der Waals surface area contributed by atoms with Crippen molar-refractivity contribution in [3.63, 3.8) is 0 Å². The van der Waals surface area contributed by atoms with Gasteiger partial charge in [0.2, 0.25) is 0 Å². The zero-order chi connectivity index (χ0) is 6.41. The van der Waals surface area contributed by atoms with Gasteiger partial charge < -0.3 is 0 Å². The minimum atomic E-state index is 0. The molecule has 0 aliphatic rings. The smallest absolute Gasteiger partial charge is 0.0499 e. The molecule has 0 N–H and O–H groups in total. The average Bonchev–Trinajstić information content (AvgIpc) is 1.83. The van der Waals surface area contributed by atoms with Crippen molar-refractivity contribution in [2.45, 2.75) is 13.8 Å². The van der Waals surface area contributed by atoms with Gasteiger partial charge in [0.05, 0.1) is 0 Å². The Hall–Kier alpha value is 1.02. The van der Waals surface area contributed by atoms with Gasteiger partial charge in [-0.3, -0.25) is 0 Å². The molecule has 0 saturated carbocycles. The van der Waals surface area contributed by atoms with Crippen LogP contribution in [0.2, 0.25) is 0 Å². The summed E-state index contributed by atoms with van der Waals surface area (Å²) in [4.78, 5) is 0. The third kappa shape index (κ3) is 6.91. The van der Waals surface area contributed by atoms with Crippen molar-refractivity contribution in [2.75, 3.05) is 13.1 Å². The van der Waals surface area contributed by atoms with Crippen LogP contribution in [-0.2, 0) is 19.5 Å². The standard InChI is InChI=1S/C5H11NS2.Zn/c1-3-6(4-2)8-5-7;/h5H,3-4H2,1-2H3;. The first-order valence-corrected chi connectivity index (χ1v) is 4.01. The predicted molar refractivity (Wildman–Crippen MR) is 44.2 cm³/mol. The van der Waals surface area contributed by atoms with E-state index in [2.05, 4.69) is 30.4 Å². The Labute approximate surface area is 79.5 Å². The van der Waals surface area contributed by atoms with Crippen LogP contribution >= 0.6 is 24.2 Å². The fraction of sp³-hybridized carbons (Fsp3) is 0.800. The second kappa shape index (κ2) is 9.02. The van der Waals surface area contributed by atoms with E-state index in [4.69, 9.17) is 0 Å². The second-order valence-electron chi connectivity index (χ2n) is 1.32. The maximum Gasteiger partial charge on any atom is 0.0499 e. The van der Waals surface area contributed by atoms with Crippen molar-refractivity contribution >= 4 is 28.9 Å². The number of nitrogens with zero attached hydrogens (tertiary/aromatic N) is 1. The molecule has 1 nitrogen and oxygen atoms in total. The molecule has 0 bridgehead atoms. The summed E-state index contributed by atoms with van der Waals surface area (Å²) in [5, 5.41) is 0. The summed E-state index contributed by atoms with van der Waals surface area (Å²) < 4.78 is 3.88. The van der Waals surface area contributed by atoms with Gasteiger partial charge in [-0.2, -0.15) is 0 Å². The van der Waals surface area contributed by atoms with E-state index < -0.39 is 0 Å². The molecule has 0 aromatic carbocycles. The van der Waals surface area contributed by atoms with E-state index in [-0.39, 0.29) is 19.5 Å². The van der Waals surface area contributed by atoms with Gasteiger partial charge in [0.15, 0.2) is 0 Å². The molecule has 0 aromatic rings. The molecule has 0 rings (SSSR count). The zero-order valence-electron chi connectivity index (χ0n) is 5.96. The summed E-state index contributed by atoms with van der Waals surface area (Å²) in [6.07, 6.45) is 0. The summed E-state index contributed by atoms with van der Waals surface area (Å²) in [7, 11) is 0. The molecular weight excluding hydrogens is 204 g/mol. The second-order valence-corrected chi connectivity index (χ2v) is 2.81. The van der Waals surface area contributed by atoms with Crippen LogP contribution in [0, 0.1) is 0 Å². The number of hydrogen-bond donors (Lipinski definition) is 0. The van der Waals surface area contributed by atoms with E-state index in [0.29, 0.717) is 0 Å². The van der Waals surface area contributed by atoms with Crippen molar-refractivity contribution in [2.24, 2.45) is 0 Å². The third-order valence-corrected chi connectivity index (χ3v) is 2.06. The molecule has 0 atom stereocenters. The van der Waals surface area contributed by atoms with Crippen molar-refractivity contribution in [1.82, 2.24) is 4.31 Å². The van der Waals surface area contributed by atoms with Crippen LogP contribution in [0.5, 0.6) is 0 Å². The Morgan fingerprint density at radius 1 is 1.44 bits per heavy atom. The number of hydrogen-bond acceptors (Lipinski definition) is 3. The fourth-order valence-electron chi connectivity index (χ4n) is 0.434. The van der Waals surface area contributed by atoms with Crippen molar-refractivity contribution in [3.05, 3.63) is 0 Å².